The van der Waals surface area contributed by atoms with Gasteiger partial charge in [-0.3, -0.25) is 4.79 Å². The van der Waals surface area contributed by atoms with E-state index in [1.165, 1.54) is 4.90 Å². The van der Waals surface area contributed by atoms with Crippen LogP contribution in [-0.2, 0) is 4.79 Å². The van der Waals surface area contributed by atoms with Gasteiger partial charge < -0.3 is 4.90 Å². The average molecular weight is 227 g/mol. The van der Waals surface area contributed by atoms with Crippen molar-refractivity contribution < 1.29 is 4.79 Å². The van der Waals surface area contributed by atoms with Crippen molar-refractivity contribution >= 4 is 5.91 Å². The second-order valence-corrected chi connectivity index (χ2v) is 3.86. The molecule has 0 saturated heterocycles. The van der Waals surface area contributed by atoms with E-state index in [0.29, 0.717) is 5.56 Å². The zero-order valence-corrected chi connectivity index (χ0v) is 9.79. The summed E-state index contributed by atoms with van der Waals surface area (Å²) >= 11 is 0. The molecule has 17 heavy (non-hydrogen) atoms. The van der Waals surface area contributed by atoms with E-state index in [9.17, 15) is 4.79 Å². The summed E-state index contributed by atoms with van der Waals surface area (Å²) < 4.78 is 0. The molecular weight excluding hydrogens is 214 g/mol. The van der Waals surface area contributed by atoms with Gasteiger partial charge in [-0.05, 0) is 5.56 Å². The largest absolute Gasteiger partial charge is 0.348 e. The molecule has 0 aromatic heterocycles. The number of rotatable bonds is 3. The van der Waals surface area contributed by atoms with Crippen LogP contribution in [0.4, 0.5) is 0 Å². The molecule has 1 amide bonds. The average Bonchev–Trinajstić information content (AvgIpc) is 2.36. The molecule has 4 heteroatoms. The van der Waals surface area contributed by atoms with Gasteiger partial charge in [-0.2, -0.15) is 10.5 Å². The predicted molar refractivity (Wildman–Crippen MR) is 62.6 cm³/mol. The fourth-order valence-electron chi connectivity index (χ4n) is 1.59. The van der Waals surface area contributed by atoms with E-state index in [-0.39, 0.29) is 5.91 Å². The van der Waals surface area contributed by atoms with Crippen LogP contribution in [0.15, 0.2) is 30.3 Å². The molecule has 0 N–H and O–H groups in total. The molecule has 0 heterocycles. The van der Waals surface area contributed by atoms with Crippen LogP contribution in [-0.4, -0.2) is 24.9 Å². The lowest BCUT2D eigenvalue weighted by Gasteiger charge is -2.21. The molecule has 0 radical (unpaired) electrons. The van der Waals surface area contributed by atoms with Gasteiger partial charge in [-0.15, -0.1) is 0 Å². The normalized spacial score (nSPS) is 11.4. The molecule has 1 aromatic carbocycles. The third kappa shape index (κ3) is 2.83. The Morgan fingerprint density at radius 2 is 1.71 bits per heavy atom. The Morgan fingerprint density at radius 3 is 2.12 bits per heavy atom. The fourth-order valence-corrected chi connectivity index (χ4v) is 1.59. The minimum Gasteiger partial charge on any atom is -0.348 e. The van der Waals surface area contributed by atoms with Crippen molar-refractivity contribution in [3.05, 3.63) is 35.9 Å². The number of hydrogen-bond donors (Lipinski definition) is 0. The molecule has 1 unspecified atom stereocenters. The highest BCUT2D eigenvalue weighted by atomic mass is 16.2. The topological polar surface area (TPSA) is 67.9 Å². The summed E-state index contributed by atoms with van der Waals surface area (Å²) in [4.78, 5) is 13.4. The first-order chi connectivity index (χ1) is 8.11. The van der Waals surface area contributed by atoms with Crippen LogP contribution in [0.25, 0.3) is 0 Å². The van der Waals surface area contributed by atoms with Gasteiger partial charge in [0.25, 0.3) is 0 Å². The summed E-state index contributed by atoms with van der Waals surface area (Å²) in [5.41, 5.74) is 0.694. The highest BCUT2D eigenvalue weighted by molar-refractivity contribution is 5.84. The first-order valence-corrected chi connectivity index (χ1v) is 5.17. The zero-order chi connectivity index (χ0) is 12.8. The summed E-state index contributed by atoms with van der Waals surface area (Å²) in [6.45, 7) is 0. The van der Waals surface area contributed by atoms with Crippen molar-refractivity contribution in [3.8, 4) is 12.1 Å². The third-order valence-corrected chi connectivity index (χ3v) is 2.48. The van der Waals surface area contributed by atoms with E-state index in [0.717, 1.165) is 0 Å². The van der Waals surface area contributed by atoms with Crippen molar-refractivity contribution in [2.75, 3.05) is 14.1 Å². The maximum Gasteiger partial charge on any atom is 0.232 e. The minimum absolute atomic E-state index is 0.232. The first kappa shape index (κ1) is 12.7. The van der Waals surface area contributed by atoms with Gasteiger partial charge >= 0.3 is 0 Å². The monoisotopic (exact) mass is 227 g/mol. The Labute approximate surface area is 101 Å². The van der Waals surface area contributed by atoms with E-state index >= 15 is 0 Å². The second kappa shape index (κ2) is 5.67. The predicted octanol–water partition coefficient (Wildman–Crippen LogP) is 1.52. The number of likely N-dealkylation sites (N-methyl/N-ethyl adjacent to an activating group) is 1. The summed E-state index contributed by atoms with van der Waals surface area (Å²) in [6, 6.07) is 12.7. The lowest BCUT2D eigenvalue weighted by atomic mass is 9.86. The fraction of sp³-hybridized carbons (Fsp3) is 0.308. The molecule has 0 bridgehead atoms. The van der Waals surface area contributed by atoms with Crippen molar-refractivity contribution in [3.63, 3.8) is 0 Å². The second-order valence-electron chi connectivity index (χ2n) is 3.86. The van der Waals surface area contributed by atoms with E-state index < -0.39 is 11.8 Å². The van der Waals surface area contributed by atoms with Gasteiger partial charge in [0.15, 0.2) is 0 Å². The Hall–Kier alpha value is -2.33. The Bertz CT molecular complexity index is 454. The Kier molecular flexibility index (Phi) is 4.25. The molecular formula is C13H13N3O. The maximum atomic E-state index is 12.0. The van der Waals surface area contributed by atoms with Crippen molar-refractivity contribution in [1.29, 1.82) is 10.5 Å². The van der Waals surface area contributed by atoms with E-state index in [1.807, 2.05) is 18.2 Å². The van der Waals surface area contributed by atoms with Gasteiger partial charge in [0.05, 0.1) is 18.1 Å². The van der Waals surface area contributed by atoms with E-state index in [4.69, 9.17) is 10.5 Å². The molecule has 1 rings (SSSR count). The quantitative estimate of drug-likeness (QED) is 0.786. The molecule has 0 saturated carbocycles. The molecule has 86 valence electrons. The third-order valence-electron chi connectivity index (χ3n) is 2.48. The van der Waals surface area contributed by atoms with Gasteiger partial charge in [0.2, 0.25) is 5.91 Å². The number of carbonyl (C=O) groups excluding carboxylic acids is 1. The van der Waals surface area contributed by atoms with Crippen LogP contribution in [0.3, 0.4) is 0 Å². The number of benzene rings is 1. The molecule has 0 aliphatic heterocycles. The van der Waals surface area contributed by atoms with Crippen LogP contribution in [0.2, 0.25) is 0 Å². The maximum absolute atomic E-state index is 12.0. The minimum atomic E-state index is -0.965. The van der Waals surface area contributed by atoms with Crippen LogP contribution < -0.4 is 0 Å². The lowest BCUT2D eigenvalue weighted by molar-refractivity contribution is -0.130. The molecule has 0 aliphatic rings. The van der Waals surface area contributed by atoms with Gasteiger partial charge in [0.1, 0.15) is 5.92 Å². The zero-order valence-electron chi connectivity index (χ0n) is 9.79. The first-order valence-electron chi connectivity index (χ1n) is 5.17. The van der Waals surface area contributed by atoms with Crippen LogP contribution >= 0.6 is 0 Å². The molecule has 4 nitrogen and oxygen atoms in total. The Morgan fingerprint density at radius 1 is 1.18 bits per heavy atom. The number of amides is 1. The number of hydrogen-bond acceptors (Lipinski definition) is 3. The Balaban J connectivity index is 3.18. The summed E-state index contributed by atoms with van der Waals surface area (Å²) in [6.07, 6.45) is 0. The molecule has 0 spiro atoms. The molecule has 1 atom stereocenters. The molecule has 1 aromatic rings. The van der Waals surface area contributed by atoms with E-state index in [1.54, 1.807) is 38.4 Å². The van der Waals surface area contributed by atoms with Crippen molar-refractivity contribution in [1.82, 2.24) is 4.90 Å². The van der Waals surface area contributed by atoms with Crippen molar-refractivity contribution in [2.24, 2.45) is 5.92 Å². The summed E-state index contributed by atoms with van der Waals surface area (Å²) in [7, 11) is 3.23. The van der Waals surface area contributed by atoms with Crippen molar-refractivity contribution in [2.45, 2.75) is 5.92 Å². The standard InChI is InChI=1S/C13H13N3O/c1-16(2)13(17)12(11(8-14)9-15)10-6-4-3-5-7-10/h3-7,11-12H,1-2H3. The molecule has 0 fully saturated rings. The number of nitrogens with zero attached hydrogens (tertiary/aromatic N) is 3. The van der Waals surface area contributed by atoms with Crippen LogP contribution in [0.5, 0.6) is 0 Å². The molecule has 0 aliphatic carbocycles. The highest BCUT2D eigenvalue weighted by Crippen LogP contribution is 2.25. The van der Waals surface area contributed by atoms with Gasteiger partial charge in [-0.1, -0.05) is 30.3 Å². The van der Waals surface area contributed by atoms with Gasteiger partial charge in [-0.25, -0.2) is 0 Å². The number of carbonyl (C=O) groups is 1. The number of nitriles is 2. The van der Waals surface area contributed by atoms with Gasteiger partial charge in [0, 0.05) is 14.1 Å². The summed E-state index contributed by atoms with van der Waals surface area (Å²) in [5.74, 6) is -1.92. The summed E-state index contributed by atoms with van der Waals surface area (Å²) in [5, 5.41) is 17.9. The highest BCUT2D eigenvalue weighted by Gasteiger charge is 2.31. The van der Waals surface area contributed by atoms with Crippen LogP contribution in [0.1, 0.15) is 11.5 Å². The van der Waals surface area contributed by atoms with Crippen LogP contribution in [0, 0.1) is 28.6 Å². The van der Waals surface area contributed by atoms with E-state index in [2.05, 4.69) is 0 Å². The lowest BCUT2D eigenvalue weighted by Crippen LogP contribution is -2.31. The SMILES string of the molecule is CN(C)C(=O)C(c1ccccc1)C(C#N)C#N. The smallest absolute Gasteiger partial charge is 0.232 e.